The van der Waals surface area contributed by atoms with E-state index in [4.69, 9.17) is 14.6 Å². The molecule has 0 saturated heterocycles. The maximum absolute atomic E-state index is 12.4. The molecule has 2 N–H and O–H groups in total. The van der Waals surface area contributed by atoms with Crippen LogP contribution in [0.25, 0.3) is 0 Å². The van der Waals surface area contributed by atoms with Gasteiger partial charge in [-0.15, -0.1) is 0 Å². The van der Waals surface area contributed by atoms with Crippen LogP contribution in [-0.4, -0.2) is 52.7 Å². The maximum Gasteiger partial charge on any atom is 0.340 e. The van der Waals surface area contributed by atoms with E-state index in [1.54, 1.807) is 0 Å². The highest BCUT2D eigenvalue weighted by molar-refractivity contribution is 6.05. The molecule has 2 unspecified atom stereocenters. The number of carboxylic acid groups (broad SMARTS) is 1. The van der Waals surface area contributed by atoms with E-state index >= 15 is 0 Å². The summed E-state index contributed by atoms with van der Waals surface area (Å²) in [6.45, 7) is 5.04. The van der Waals surface area contributed by atoms with Crippen molar-refractivity contribution >= 4 is 23.7 Å². The van der Waals surface area contributed by atoms with Gasteiger partial charge >= 0.3 is 17.9 Å². The third kappa shape index (κ3) is 9.30. The Kier molecular flexibility index (Phi) is 13.1. The topological polar surface area (TPSA) is 127 Å². The van der Waals surface area contributed by atoms with Crippen molar-refractivity contribution in [2.75, 3.05) is 13.2 Å². The quantitative estimate of drug-likeness (QED) is 0.229. The van der Waals surface area contributed by atoms with Gasteiger partial charge in [-0.2, -0.15) is 0 Å². The van der Waals surface area contributed by atoms with Crippen molar-refractivity contribution < 1.29 is 38.9 Å². The number of carbonyl (C=O) groups is 4. The molecular formula is C20H34O8. The highest BCUT2D eigenvalue weighted by Gasteiger charge is 2.54. The SMILES string of the molecule is CCCCCCOC(=O)C(C(C)=O)C(O)(CC(=O)O)C(=O)OCCCCCC. The fourth-order valence-corrected chi connectivity index (χ4v) is 2.82. The lowest BCUT2D eigenvalue weighted by atomic mass is 9.81. The number of unbranched alkanes of at least 4 members (excludes halogenated alkanes) is 6. The number of aliphatic hydroxyl groups is 1. The van der Waals surface area contributed by atoms with Crippen LogP contribution >= 0.6 is 0 Å². The van der Waals surface area contributed by atoms with Crippen LogP contribution in [0.2, 0.25) is 0 Å². The third-order valence-corrected chi connectivity index (χ3v) is 4.37. The first-order valence-electron chi connectivity index (χ1n) is 9.99. The Bertz CT molecular complexity index is 516. The van der Waals surface area contributed by atoms with Crippen LogP contribution in [0.3, 0.4) is 0 Å². The standard InChI is InChI=1S/C20H34O8/c1-4-6-8-10-12-27-18(24)17(15(3)21)20(26,14-16(22)23)19(25)28-13-11-9-7-5-2/h17,26H,4-14H2,1-3H3,(H,22,23). The van der Waals surface area contributed by atoms with E-state index in [0.717, 1.165) is 45.4 Å². The van der Waals surface area contributed by atoms with Gasteiger partial charge in [0.25, 0.3) is 0 Å². The van der Waals surface area contributed by atoms with Gasteiger partial charge in [0.05, 0.1) is 19.6 Å². The van der Waals surface area contributed by atoms with Gasteiger partial charge in [0.1, 0.15) is 5.78 Å². The second-order valence-corrected chi connectivity index (χ2v) is 6.96. The lowest BCUT2D eigenvalue weighted by molar-refractivity contribution is -0.186. The summed E-state index contributed by atoms with van der Waals surface area (Å²) in [5.74, 6) is -6.75. The lowest BCUT2D eigenvalue weighted by Gasteiger charge is -2.29. The molecule has 0 aliphatic heterocycles. The molecule has 2 atom stereocenters. The fourth-order valence-electron chi connectivity index (χ4n) is 2.82. The average Bonchev–Trinajstić information content (AvgIpc) is 2.60. The van der Waals surface area contributed by atoms with Gasteiger partial charge in [-0.3, -0.25) is 14.4 Å². The summed E-state index contributed by atoms with van der Waals surface area (Å²) in [5, 5.41) is 19.8. The number of ether oxygens (including phenoxy) is 2. The van der Waals surface area contributed by atoms with Crippen molar-refractivity contribution in [3.05, 3.63) is 0 Å². The Morgan fingerprint density at radius 1 is 0.857 bits per heavy atom. The molecule has 8 nitrogen and oxygen atoms in total. The zero-order valence-electron chi connectivity index (χ0n) is 17.2. The molecule has 0 heterocycles. The zero-order valence-corrected chi connectivity index (χ0v) is 17.2. The van der Waals surface area contributed by atoms with Crippen molar-refractivity contribution in [1.82, 2.24) is 0 Å². The van der Waals surface area contributed by atoms with Crippen LogP contribution in [0.15, 0.2) is 0 Å². The number of aliphatic carboxylic acids is 1. The predicted molar refractivity (Wildman–Crippen MR) is 102 cm³/mol. The third-order valence-electron chi connectivity index (χ3n) is 4.37. The van der Waals surface area contributed by atoms with Gasteiger partial charge < -0.3 is 19.7 Å². The van der Waals surface area contributed by atoms with E-state index in [-0.39, 0.29) is 13.2 Å². The van der Waals surface area contributed by atoms with E-state index in [2.05, 4.69) is 0 Å². The van der Waals surface area contributed by atoms with Crippen LogP contribution in [0, 0.1) is 5.92 Å². The van der Waals surface area contributed by atoms with E-state index in [0.29, 0.717) is 12.8 Å². The van der Waals surface area contributed by atoms with E-state index in [1.165, 1.54) is 0 Å². The maximum atomic E-state index is 12.4. The molecule has 8 heteroatoms. The summed E-state index contributed by atoms with van der Waals surface area (Å²) in [5.41, 5.74) is -2.80. The van der Waals surface area contributed by atoms with Gasteiger partial charge in [0.2, 0.25) is 0 Å². The molecule has 0 radical (unpaired) electrons. The number of hydrogen-bond acceptors (Lipinski definition) is 7. The number of ketones is 1. The average molecular weight is 402 g/mol. The molecule has 0 rings (SSSR count). The predicted octanol–water partition coefficient (Wildman–Crippen LogP) is 2.64. The largest absolute Gasteiger partial charge is 0.481 e. The summed E-state index contributed by atoms with van der Waals surface area (Å²) in [4.78, 5) is 48.0. The molecule has 28 heavy (non-hydrogen) atoms. The molecule has 0 amide bonds. The normalized spacial score (nSPS) is 14.0. The van der Waals surface area contributed by atoms with Gasteiger partial charge in [0, 0.05) is 0 Å². The van der Waals surface area contributed by atoms with Crippen LogP contribution in [0.1, 0.15) is 78.6 Å². The zero-order chi connectivity index (χ0) is 21.6. The lowest BCUT2D eigenvalue weighted by Crippen LogP contribution is -2.54. The first kappa shape index (κ1) is 26.0. The molecule has 0 aromatic rings. The number of carbonyl (C=O) groups excluding carboxylic acids is 3. The van der Waals surface area contributed by atoms with Crippen molar-refractivity contribution in [1.29, 1.82) is 0 Å². The molecule has 0 aromatic heterocycles. The molecule has 162 valence electrons. The van der Waals surface area contributed by atoms with Crippen molar-refractivity contribution in [3.8, 4) is 0 Å². The minimum Gasteiger partial charge on any atom is -0.481 e. The minimum atomic E-state index is -2.80. The highest BCUT2D eigenvalue weighted by Crippen LogP contribution is 2.27. The van der Waals surface area contributed by atoms with Crippen LogP contribution in [0.4, 0.5) is 0 Å². The van der Waals surface area contributed by atoms with Crippen molar-refractivity contribution in [3.63, 3.8) is 0 Å². The Balaban J connectivity index is 5.17. The number of Topliss-reactive ketones (excluding diaryl/α,β-unsaturated/α-hetero) is 1. The number of carboxylic acids is 1. The van der Waals surface area contributed by atoms with Crippen molar-refractivity contribution in [2.45, 2.75) is 84.2 Å². The van der Waals surface area contributed by atoms with E-state index in [1.807, 2.05) is 13.8 Å². The molecule has 0 fully saturated rings. The molecule has 0 aromatic carbocycles. The van der Waals surface area contributed by atoms with Crippen molar-refractivity contribution in [2.24, 2.45) is 5.92 Å². The fraction of sp³-hybridized carbons (Fsp3) is 0.800. The Morgan fingerprint density at radius 3 is 1.79 bits per heavy atom. The summed E-state index contributed by atoms with van der Waals surface area (Å²) >= 11 is 0. The summed E-state index contributed by atoms with van der Waals surface area (Å²) in [7, 11) is 0. The second kappa shape index (κ2) is 14.1. The Hall–Kier alpha value is -1.96. The molecule has 0 aliphatic rings. The molecule has 0 spiro atoms. The second-order valence-electron chi connectivity index (χ2n) is 6.96. The number of hydrogen-bond donors (Lipinski definition) is 2. The van der Waals surface area contributed by atoms with Crippen LogP contribution in [-0.2, 0) is 28.7 Å². The molecule has 0 saturated carbocycles. The van der Waals surface area contributed by atoms with Gasteiger partial charge in [0.15, 0.2) is 11.5 Å². The summed E-state index contributed by atoms with van der Waals surface area (Å²) in [6, 6.07) is 0. The monoisotopic (exact) mass is 402 g/mol. The first-order chi connectivity index (χ1) is 13.2. The van der Waals surface area contributed by atoms with Crippen LogP contribution in [0.5, 0.6) is 0 Å². The van der Waals surface area contributed by atoms with E-state index in [9.17, 15) is 24.3 Å². The summed E-state index contributed by atoms with van der Waals surface area (Å²) in [6.07, 6.45) is 5.48. The molecular weight excluding hydrogens is 368 g/mol. The van der Waals surface area contributed by atoms with Gasteiger partial charge in [-0.1, -0.05) is 52.4 Å². The first-order valence-corrected chi connectivity index (χ1v) is 9.99. The number of esters is 2. The highest BCUT2D eigenvalue weighted by atomic mass is 16.6. The summed E-state index contributed by atoms with van der Waals surface area (Å²) < 4.78 is 10.0. The van der Waals surface area contributed by atoms with Gasteiger partial charge in [-0.05, 0) is 19.8 Å². The van der Waals surface area contributed by atoms with Gasteiger partial charge in [-0.25, -0.2) is 4.79 Å². The van der Waals surface area contributed by atoms with E-state index < -0.39 is 41.6 Å². The van der Waals surface area contributed by atoms with Crippen LogP contribution < -0.4 is 0 Å². The Morgan fingerprint density at radius 2 is 1.36 bits per heavy atom. The minimum absolute atomic E-state index is 0.0256. The number of rotatable bonds is 16. The smallest absolute Gasteiger partial charge is 0.340 e. The Labute approximate surface area is 166 Å². The molecule has 0 bridgehead atoms. The molecule has 0 aliphatic carbocycles.